The number of hydrogen-bond donors (Lipinski definition) is 0. The summed E-state index contributed by atoms with van der Waals surface area (Å²) in [4.78, 5) is 4.48. The van der Waals surface area contributed by atoms with Crippen LogP contribution < -0.4 is 4.74 Å². The van der Waals surface area contributed by atoms with Crippen molar-refractivity contribution >= 4 is 27.0 Å². The number of fused-ring (bicyclic) bond motifs is 1. The normalized spacial score (nSPS) is 15.9. The fraction of sp³-hybridized carbons (Fsp3) is 0.364. The Kier molecular flexibility index (Phi) is 1.99. The van der Waals surface area contributed by atoms with Crippen molar-refractivity contribution in [3.05, 3.63) is 22.9 Å². The Balaban J connectivity index is 2.23. The van der Waals surface area contributed by atoms with Crippen LogP contribution in [0.15, 0.2) is 22.9 Å². The molecule has 78 valence electrons. The second-order valence-corrected chi connectivity index (χ2v) is 4.55. The second kappa shape index (κ2) is 3.23. The lowest BCUT2D eigenvalue weighted by Gasteiger charge is -2.03. The molecule has 1 fully saturated rings. The van der Waals surface area contributed by atoms with Crippen LogP contribution in [0, 0.1) is 0 Å². The van der Waals surface area contributed by atoms with Crippen LogP contribution >= 0.6 is 15.9 Å². The van der Waals surface area contributed by atoms with Gasteiger partial charge in [-0.15, -0.1) is 0 Å². The first-order valence-electron chi connectivity index (χ1n) is 5.01. The fourth-order valence-corrected chi connectivity index (χ4v) is 2.53. The minimum Gasteiger partial charge on any atom is -0.497 e. The number of benzene rings is 1. The molecule has 1 heterocycles. The monoisotopic (exact) mass is 266 g/mol. The average Bonchev–Trinajstić information content (AvgIpc) is 3.00. The maximum atomic E-state index is 5.18. The van der Waals surface area contributed by atoms with Gasteiger partial charge in [0.15, 0.2) is 4.73 Å². The first-order chi connectivity index (χ1) is 7.29. The van der Waals surface area contributed by atoms with E-state index >= 15 is 0 Å². The highest BCUT2D eigenvalue weighted by Crippen LogP contribution is 2.40. The highest BCUT2D eigenvalue weighted by Gasteiger charge is 2.27. The first-order valence-corrected chi connectivity index (χ1v) is 5.80. The molecule has 1 aromatic heterocycles. The van der Waals surface area contributed by atoms with Crippen LogP contribution in [-0.2, 0) is 0 Å². The minimum atomic E-state index is 0.637. The molecule has 1 saturated carbocycles. The highest BCUT2D eigenvalue weighted by atomic mass is 79.9. The number of imidazole rings is 1. The second-order valence-electron chi connectivity index (χ2n) is 3.84. The molecule has 3 rings (SSSR count). The third-order valence-electron chi connectivity index (χ3n) is 2.77. The summed E-state index contributed by atoms with van der Waals surface area (Å²) in [5, 5.41) is 0. The molecule has 0 spiro atoms. The summed E-state index contributed by atoms with van der Waals surface area (Å²) < 4.78 is 8.37. The Bertz CT molecular complexity index is 517. The average molecular weight is 267 g/mol. The van der Waals surface area contributed by atoms with Crippen LogP contribution in [0.25, 0.3) is 11.0 Å². The number of rotatable bonds is 2. The Morgan fingerprint density at radius 1 is 1.47 bits per heavy atom. The van der Waals surface area contributed by atoms with Gasteiger partial charge in [-0.05, 0) is 40.9 Å². The van der Waals surface area contributed by atoms with E-state index in [1.165, 1.54) is 18.4 Å². The molecule has 0 amide bonds. The van der Waals surface area contributed by atoms with Crippen molar-refractivity contribution < 1.29 is 4.74 Å². The first kappa shape index (κ1) is 9.21. The summed E-state index contributed by atoms with van der Waals surface area (Å²) in [6, 6.07) is 6.66. The Labute approximate surface area is 96.2 Å². The molecular weight excluding hydrogens is 256 g/mol. The van der Waals surface area contributed by atoms with Gasteiger partial charge in [0, 0.05) is 12.1 Å². The predicted molar refractivity (Wildman–Crippen MR) is 62.3 cm³/mol. The molecule has 0 unspecified atom stereocenters. The van der Waals surface area contributed by atoms with Crippen LogP contribution in [0.4, 0.5) is 0 Å². The predicted octanol–water partition coefficient (Wildman–Crippen LogP) is 3.14. The van der Waals surface area contributed by atoms with E-state index < -0.39 is 0 Å². The minimum absolute atomic E-state index is 0.637. The molecule has 1 aliphatic carbocycles. The molecule has 0 N–H and O–H groups in total. The van der Waals surface area contributed by atoms with Gasteiger partial charge in [-0.1, -0.05) is 0 Å². The standard InChI is InChI=1S/C11H11BrN2O/c1-15-8-4-5-10-9(6-8)13-11(12)14(10)7-2-3-7/h4-7H,2-3H2,1H3. The van der Waals surface area contributed by atoms with Crippen molar-refractivity contribution in [1.82, 2.24) is 9.55 Å². The number of nitrogens with zero attached hydrogens (tertiary/aromatic N) is 2. The molecular formula is C11H11BrN2O. The van der Waals surface area contributed by atoms with Gasteiger partial charge < -0.3 is 9.30 Å². The van der Waals surface area contributed by atoms with Crippen LogP contribution in [0.1, 0.15) is 18.9 Å². The largest absolute Gasteiger partial charge is 0.497 e. The summed E-state index contributed by atoms with van der Waals surface area (Å²) in [7, 11) is 1.67. The van der Waals surface area contributed by atoms with E-state index in [1.807, 2.05) is 12.1 Å². The van der Waals surface area contributed by atoms with Gasteiger partial charge >= 0.3 is 0 Å². The molecule has 0 bridgehead atoms. The zero-order chi connectivity index (χ0) is 10.4. The van der Waals surface area contributed by atoms with Gasteiger partial charge in [-0.3, -0.25) is 0 Å². The third kappa shape index (κ3) is 1.44. The van der Waals surface area contributed by atoms with Crippen LogP contribution in [0.5, 0.6) is 5.75 Å². The van der Waals surface area contributed by atoms with E-state index in [9.17, 15) is 0 Å². The Hall–Kier alpha value is -1.03. The van der Waals surface area contributed by atoms with Gasteiger partial charge in [0.2, 0.25) is 0 Å². The summed E-state index contributed by atoms with van der Waals surface area (Å²) >= 11 is 3.51. The molecule has 1 aliphatic rings. The van der Waals surface area contributed by atoms with Gasteiger partial charge in [-0.2, -0.15) is 0 Å². The van der Waals surface area contributed by atoms with E-state index in [0.29, 0.717) is 6.04 Å². The van der Waals surface area contributed by atoms with E-state index in [1.54, 1.807) is 7.11 Å². The molecule has 1 aromatic carbocycles. The van der Waals surface area contributed by atoms with E-state index in [4.69, 9.17) is 4.74 Å². The molecule has 0 radical (unpaired) electrons. The SMILES string of the molecule is COc1ccc2c(c1)nc(Br)n2C1CC1. The lowest BCUT2D eigenvalue weighted by Crippen LogP contribution is -1.93. The van der Waals surface area contributed by atoms with Gasteiger partial charge in [0.05, 0.1) is 18.1 Å². The molecule has 0 atom stereocenters. The number of aromatic nitrogens is 2. The number of hydrogen-bond acceptors (Lipinski definition) is 2. The highest BCUT2D eigenvalue weighted by molar-refractivity contribution is 9.10. The number of halogens is 1. The maximum Gasteiger partial charge on any atom is 0.178 e. The molecule has 0 aliphatic heterocycles. The number of ether oxygens (including phenoxy) is 1. The summed E-state index contributed by atoms with van der Waals surface area (Å²) in [6.07, 6.45) is 2.52. The molecule has 2 aromatic rings. The van der Waals surface area contributed by atoms with Crippen molar-refractivity contribution in [3.63, 3.8) is 0 Å². The van der Waals surface area contributed by atoms with Crippen molar-refractivity contribution in [2.75, 3.05) is 7.11 Å². The lowest BCUT2D eigenvalue weighted by atomic mass is 10.3. The van der Waals surface area contributed by atoms with Crippen molar-refractivity contribution in [2.45, 2.75) is 18.9 Å². The zero-order valence-electron chi connectivity index (χ0n) is 8.40. The molecule has 3 nitrogen and oxygen atoms in total. The van der Waals surface area contributed by atoms with Crippen molar-refractivity contribution in [1.29, 1.82) is 0 Å². The smallest absolute Gasteiger partial charge is 0.178 e. The molecule has 0 saturated heterocycles. The topological polar surface area (TPSA) is 27.1 Å². The quantitative estimate of drug-likeness (QED) is 0.835. The van der Waals surface area contributed by atoms with Gasteiger partial charge in [-0.25, -0.2) is 4.98 Å². The van der Waals surface area contributed by atoms with Crippen LogP contribution in [0.2, 0.25) is 0 Å². The van der Waals surface area contributed by atoms with E-state index in [2.05, 4.69) is 31.5 Å². The third-order valence-corrected chi connectivity index (χ3v) is 3.33. The van der Waals surface area contributed by atoms with E-state index in [-0.39, 0.29) is 0 Å². The lowest BCUT2D eigenvalue weighted by molar-refractivity contribution is 0.415. The van der Waals surface area contributed by atoms with Crippen molar-refractivity contribution in [2.24, 2.45) is 0 Å². The summed E-state index contributed by atoms with van der Waals surface area (Å²) in [5.74, 6) is 0.857. The zero-order valence-corrected chi connectivity index (χ0v) is 9.99. The summed E-state index contributed by atoms with van der Waals surface area (Å²) in [6.45, 7) is 0. The fourth-order valence-electron chi connectivity index (χ4n) is 1.86. The summed E-state index contributed by atoms with van der Waals surface area (Å²) in [5.41, 5.74) is 2.18. The van der Waals surface area contributed by atoms with E-state index in [0.717, 1.165) is 16.0 Å². The van der Waals surface area contributed by atoms with Gasteiger partial charge in [0.1, 0.15) is 5.75 Å². The number of methoxy groups -OCH3 is 1. The van der Waals surface area contributed by atoms with Gasteiger partial charge in [0.25, 0.3) is 0 Å². The Morgan fingerprint density at radius 3 is 2.93 bits per heavy atom. The van der Waals surface area contributed by atoms with Crippen LogP contribution in [0.3, 0.4) is 0 Å². The Morgan fingerprint density at radius 2 is 2.27 bits per heavy atom. The van der Waals surface area contributed by atoms with Crippen LogP contribution in [-0.4, -0.2) is 16.7 Å². The molecule has 4 heteroatoms. The maximum absolute atomic E-state index is 5.18. The molecule has 15 heavy (non-hydrogen) atoms. The van der Waals surface area contributed by atoms with Crippen molar-refractivity contribution in [3.8, 4) is 5.75 Å².